The first-order valence-electron chi connectivity index (χ1n) is 13.2. The molecule has 0 aromatic carbocycles. The van der Waals surface area contributed by atoms with E-state index < -0.39 is 0 Å². The molecule has 7 nitrogen and oxygen atoms in total. The van der Waals surface area contributed by atoms with E-state index in [0.717, 1.165) is 58.2 Å². The number of primary amides is 2. The topological polar surface area (TPSA) is 128 Å². The zero-order valence-electron chi connectivity index (χ0n) is 21.0. The maximum Gasteiger partial charge on any atom is 0.217 e. The van der Waals surface area contributed by atoms with Gasteiger partial charge in [0.05, 0.1) is 6.54 Å². The van der Waals surface area contributed by atoms with Gasteiger partial charge >= 0.3 is 0 Å². The number of hydrogen-bond acceptors (Lipinski definition) is 5. The second-order valence-corrected chi connectivity index (χ2v) is 8.90. The lowest BCUT2D eigenvalue weighted by molar-refractivity contribution is -0.119. The molecule has 0 spiro atoms. The van der Waals surface area contributed by atoms with Crippen molar-refractivity contribution >= 4 is 18.0 Å². The fourth-order valence-corrected chi connectivity index (χ4v) is 3.71. The van der Waals surface area contributed by atoms with E-state index in [9.17, 15) is 9.59 Å². The summed E-state index contributed by atoms with van der Waals surface area (Å²) in [4.78, 5) is 28.2. The van der Waals surface area contributed by atoms with Gasteiger partial charge in [-0.2, -0.15) is 0 Å². The highest BCUT2D eigenvalue weighted by Gasteiger charge is 1.98. The Balaban J connectivity index is 3.61. The van der Waals surface area contributed by atoms with Gasteiger partial charge in [0.1, 0.15) is 0 Å². The van der Waals surface area contributed by atoms with E-state index in [1.807, 2.05) is 0 Å². The van der Waals surface area contributed by atoms with Crippen LogP contribution in [0.2, 0.25) is 0 Å². The van der Waals surface area contributed by atoms with Crippen LogP contribution in [0.1, 0.15) is 109 Å². The standard InChI is InChI=1S/C26H51N5O2/c27-19-23-31(22-16-12-8-4-2-6-10-14-18-26(29)33)24-21-30-20-15-11-7-3-1-5-9-13-17-25(28)32/h16,20,22H,1-15,17-19,21,23-24,27H2,(H2,28,32)(H2,29,33). The van der Waals surface area contributed by atoms with Gasteiger partial charge < -0.3 is 22.1 Å². The Hall–Kier alpha value is -1.89. The summed E-state index contributed by atoms with van der Waals surface area (Å²) in [5.41, 5.74) is 16.0. The van der Waals surface area contributed by atoms with Crippen LogP contribution in [0.25, 0.3) is 0 Å². The van der Waals surface area contributed by atoms with Crippen molar-refractivity contribution in [3.05, 3.63) is 12.3 Å². The summed E-state index contributed by atoms with van der Waals surface area (Å²) in [5.74, 6) is -0.375. The SMILES string of the molecule is NCCN(C=CCCCCCCCCC(N)=O)CCN=CCCCCCCCCCC(N)=O. The number of amides is 2. The van der Waals surface area contributed by atoms with Crippen LogP contribution in [0.5, 0.6) is 0 Å². The van der Waals surface area contributed by atoms with Gasteiger partial charge in [-0.05, 0) is 50.9 Å². The molecule has 0 heterocycles. The van der Waals surface area contributed by atoms with Crippen molar-refractivity contribution in [1.82, 2.24) is 4.90 Å². The fraction of sp³-hybridized carbons (Fsp3) is 0.808. The second-order valence-electron chi connectivity index (χ2n) is 8.90. The molecule has 7 heteroatoms. The van der Waals surface area contributed by atoms with Gasteiger partial charge in [0.15, 0.2) is 0 Å². The minimum Gasteiger partial charge on any atom is -0.375 e. The zero-order valence-corrected chi connectivity index (χ0v) is 21.0. The lowest BCUT2D eigenvalue weighted by atomic mass is 10.1. The van der Waals surface area contributed by atoms with E-state index in [2.05, 4.69) is 28.4 Å². The number of nitrogens with zero attached hydrogens (tertiary/aromatic N) is 2. The summed E-state index contributed by atoms with van der Waals surface area (Å²) in [6.07, 6.45) is 24.7. The van der Waals surface area contributed by atoms with E-state index in [0.29, 0.717) is 19.4 Å². The van der Waals surface area contributed by atoms with Crippen LogP contribution in [0.3, 0.4) is 0 Å². The number of rotatable bonds is 25. The van der Waals surface area contributed by atoms with Crippen molar-refractivity contribution in [2.75, 3.05) is 26.2 Å². The zero-order chi connectivity index (χ0) is 24.4. The first kappa shape index (κ1) is 31.1. The summed E-state index contributed by atoms with van der Waals surface area (Å²) in [5, 5.41) is 0. The molecular formula is C26H51N5O2. The Labute approximate surface area is 202 Å². The number of carbonyl (C=O) groups is 2. The first-order valence-corrected chi connectivity index (χ1v) is 13.2. The lowest BCUT2D eigenvalue weighted by Gasteiger charge is -2.18. The van der Waals surface area contributed by atoms with Crippen LogP contribution in [0, 0.1) is 0 Å². The smallest absolute Gasteiger partial charge is 0.217 e. The molecule has 0 unspecified atom stereocenters. The molecule has 0 aliphatic rings. The van der Waals surface area contributed by atoms with Gasteiger partial charge in [-0.3, -0.25) is 14.6 Å². The van der Waals surface area contributed by atoms with Gasteiger partial charge in [-0.1, -0.05) is 63.9 Å². The maximum atomic E-state index is 10.7. The van der Waals surface area contributed by atoms with Gasteiger partial charge in [0.2, 0.25) is 11.8 Å². The van der Waals surface area contributed by atoms with Crippen LogP contribution in [-0.4, -0.2) is 49.1 Å². The molecule has 0 atom stereocenters. The Morgan fingerprint density at radius 1 is 0.667 bits per heavy atom. The van der Waals surface area contributed by atoms with Crippen molar-refractivity contribution in [3.8, 4) is 0 Å². The molecule has 0 aliphatic carbocycles. The van der Waals surface area contributed by atoms with Crippen LogP contribution < -0.4 is 17.2 Å². The lowest BCUT2D eigenvalue weighted by Crippen LogP contribution is -2.27. The van der Waals surface area contributed by atoms with E-state index in [4.69, 9.17) is 17.2 Å². The number of allylic oxidation sites excluding steroid dienone is 1. The van der Waals surface area contributed by atoms with Crippen LogP contribution in [0.15, 0.2) is 17.3 Å². The van der Waals surface area contributed by atoms with E-state index in [1.165, 1.54) is 57.8 Å². The average molecular weight is 466 g/mol. The number of aliphatic imine (C=N–C) groups is 1. The largest absolute Gasteiger partial charge is 0.375 e. The monoisotopic (exact) mass is 465 g/mol. The summed E-state index contributed by atoms with van der Waals surface area (Å²) in [7, 11) is 0. The van der Waals surface area contributed by atoms with Crippen molar-refractivity contribution in [2.24, 2.45) is 22.2 Å². The van der Waals surface area contributed by atoms with Crippen LogP contribution in [0.4, 0.5) is 0 Å². The predicted octanol–water partition coefficient (Wildman–Crippen LogP) is 4.43. The Morgan fingerprint density at radius 3 is 1.67 bits per heavy atom. The number of nitrogens with two attached hydrogens (primary N) is 3. The highest BCUT2D eigenvalue weighted by Crippen LogP contribution is 2.10. The molecule has 0 radical (unpaired) electrons. The predicted molar refractivity (Wildman–Crippen MR) is 140 cm³/mol. The molecule has 0 fully saturated rings. The maximum absolute atomic E-state index is 10.7. The third kappa shape index (κ3) is 26.2. The summed E-state index contributed by atoms with van der Waals surface area (Å²) in [6, 6.07) is 0. The third-order valence-electron chi connectivity index (χ3n) is 5.68. The highest BCUT2D eigenvalue weighted by molar-refractivity contribution is 5.73. The molecule has 0 aliphatic heterocycles. The van der Waals surface area contributed by atoms with E-state index >= 15 is 0 Å². The Kier molecular flexibility index (Phi) is 23.3. The van der Waals surface area contributed by atoms with Crippen LogP contribution in [-0.2, 0) is 9.59 Å². The Bertz CT molecular complexity index is 523. The number of hydrogen-bond donors (Lipinski definition) is 3. The molecular weight excluding hydrogens is 414 g/mol. The normalized spacial score (nSPS) is 11.5. The van der Waals surface area contributed by atoms with E-state index in [1.54, 1.807) is 0 Å². The molecule has 0 aromatic heterocycles. The summed E-state index contributed by atoms with van der Waals surface area (Å²) in [6.45, 7) is 3.25. The van der Waals surface area contributed by atoms with Crippen molar-refractivity contribution < 1.29 is 9.59 Å². The van der Waals surface area contributed by atoms with Gasteiger partial charge in [0, 0.05) is 32.5 Å². The molecule has 6 N–H and O–H groups in total. The van der Waals surface area contributed by atoms with Crippen molar-refractivity contribution in [2.45, 2.75) is 109 Å². The van der Waals surface area contributed by atoms with Gasteiger partial charge in [-0.15, -0.1) is 0 Å². The molecule has 0 bridgehead atoms. The van der Waals surface area contributed by atoms with Crippen molar-refractivity contribution in [1.29, 1.82) is 0 Å². The Morgan fingerprint density at radius 2 is 1.15 bits per heavy atom. The number of unbranched alkanes of at least 4 members (excludes halogenated alkanes) is 13. The minimum absolute atomic E-state index is 0.186. The molecule has 0 saturated heterocycles. The second kappa shape index (κ2) is 24.7. The molecule has 0 rings (SSSR count). The quantitative estimate of drug-likeness (QED) is 0.136. The van der Waals surface area contributed by atoms with Gasteiger partial charge in [-0.25, -0.2) is 0 Å². The number of carbonyl (C=O) groups excluding carboxylic acids is 2. The van der Waals surface area contributed by atoms with Crippen LogP contribution >= 0.6 is 0 Å². The summed E-state index contributed by atoms with van der Waals surface area (Å²) >= 11 is 0. The molecule has 0 aromatic rings. The third-order valence-corrected chi connectivity index (χ3v) is 5.68. The molecule has 2 amide bonds. The van der Waals surface area contributed by atoms with E-state index in [-0.39, 0.29) is 11.8 Å². The van der Waals surface area contributed by atoms with Gasteiger partial charge in [0.25, 0.3) is 0 Å². The molecule has 33 heavy (non-hydrogen) atoms. The average Bonchev–Trinajstić information content (AvgIpc) is 2.77. The minimum atomic E-state index is -0.189. The highest BCUT2D eigenvalue weighted by atomic mass is 16.1. The van der Waals surface area contributed by atoms with Crippen molar-refractivity contribution in [3.63, 3.8) is 0 Å². The molecule has 0 saturated carbocycles. The fourth-order valence-electron chi connectivity index (χ4n) is 3.71. The first-order chi connectivity index (χ1) is 16.1. The molecule has 192 valence electrons. The summed E-state index contributed by atoms with van der Waals surface area (Å²) < 4.78 is 0.